The van der Waals surface area contributed by atoms with E-state index in [1.165, 1.54) is 18.4 Å². The van der Waals surface area contributed by atoms with Crippen molar-refractivity contribution in [3.63, 3.8) is 0 Å². The summed E-state index contributed by atoms with van der Waals surface area (Å²) in [4.78, 5) is 0. The second-order valence-electron chi connectivity index (χ2n) is 5.40. The van der Waals surface area contributed by atoms with Crippen LogP contribution in [0.1, 0.15) is 32.3 Å². The van der Waals surface area contributed by atoms with Gasteiger partial charge in [-0.25, -0.2) is 0 Å². The zero-order valence-electron chi connectivity index (χ0n) is 10.6. The Bertz CT molecular complexity index is 349. The van der Waals surface area contributed by atoms with Crippen LogP contribution in [0.4, 0.5) is 0 Å². The number of hydrogen-bond donors (Lipinski definition) is 2. The smallest absolute Gasteiger partial charge is 0.119 e. The summed E-state index contributed by atoms with van der Waals surface area (Å²) in [5.41, 5.74) is 0.485. The van der Waals surface area contributed by atoms with Crippen molar-refractivity contribution in [3.8, 4) is 5.75 Å². The zero-order chi connectivity index (χ0) is 12.3. The molecule has 1 aromatic carbocycles. The molecule has 17 heavy (non-hydrogen) atoms. The van der Waals surface area contributed by atoms with Crippen LogP contribution in [0.25, 0.3) is 0 Å². The highest BCUT2D eigenvalue weighted by molar-refractivity contribution is 5.27. The van der Waals surface area contributed by atoms with Gasteiger partial charge in [0, 0.05) is 12.6 Å². The van der Waals surface area contributed by atoms with Gasteiger partial charge in [0.25, 0.3) is 0 Å². The Morgan fingerprint density at radius 2 is 1.94 bits per heavy atom. The topological polar surface area (TPSA) is 41.5 Å². The van der Waals surface area contributed by atoms with Gasteiger partial charge >= 0.3 is 0 Å². The van der Waals surface area contributed by atoms with Gasteiger partial charge in [-0.1, -0.05) is 12.1 Å². The van der Waals surface area contributed by atoms with E-state index < -0.39 is 5.60 Å². The molecule has 1 aliphatic rings. The van der Waals surface area contributed by atoms with Crippen molar-refractivity contribution < 1.29 is 9.84 Å². The molecule has 1 aromatic rings. The molecule has 0 radical (unpaired) electrons. The molecule has 0 unspecified atom stereocenters. The zero-order valence-corrected chi connectivity index (χ0v) is 10.6. The monoisotopic (exact) mass is 235 g/mol. The number of ether oxygens (including phenoxy) is 1. The molecule has 1 aliphatic carbocycles. The van der Waals surface area contributed by atoms with E-state index in [0.717, 1.165) is 18.3 Å². The van der Waals surface area contributed by atoms with Crippen molar-refractivity contribution >= 4 is 0 Å². The molecule has 0 atom stereocenters. The summed E-state index contributed by atoms with van der Waals surface area (Å²) in [5.74, 6) is 0.808. The van der Waals surface area contributed by atoms with E-state index in [0.29, 0.717) is 6.61 Å². The van der Waals surface area contributed by atoms with Crippen LogP contribution in [-0.2, 0) is 6.54 Å². The van der Waals surface area contributed by atoms with Gasteiger partial charge in [-0.15, -0.1) is 0 Å². The highest BCUT2D eigenvalue weighted by atomic mass is 16.5. The van der Waals surface area contributed by atoms with Crippen LogP contribution >= 0.6 is 0 Å². The minimum Gasteiger partial charge on any atom is -0.491 e. The lowest BCUT2D eigenvalue weighted by Gasteiger charge is -2.17. The molecule has 0 heterocycles. The van der Waals surface area contributed by atoms with Gasteiger partial charge in [0.2, 0.25) is 0 Å². The average molecular weight is 235 g/mol. The Kier molecular flexibility index (Phi) is 3.69. The Hall–Kier alpha value is -1.06. The third kappa shape index (κ3) is 4.75. The van der Waals surface area contributed by atoms with Gasteiger partial charge in [-0.05, 0) is 44.4 Å². The average Bonchev–Trinajstić information content (AvgIpc) is 3.08. The maximum Gasteiger partial charge on any atom is 0.119 e. The quantitative estimate of drug-likeness (QED) is 0.793. The SMILES string of the molecule is CC(C)(O)COc1ccc(CNC2CC2)cc1. The van der Waals surface area contributed by atoms with E-state index in [2.05, 4.69) is 17.4 Å². The van der Waals surface area contributed by atoms with Gasteiger partial charge in [0.1, 0.15) is 12.4 Å². The highest BCUT2D eigenvalue weighted by Crippen LogP contribution is 2.20. The normalized spacial score (nSPS) is 15.9. The molecule has 0 amide bonds. The number of benzene rings is 1. The summed E-state index contributed by atoms with van der Waals surface area (Å²) >= 11 is 0. The first-order valence-corrected chi connectivity index (χ1v) is 6.20. The fourth-order valence-electron chi connectivity index (χ4n) is 1.51. The Balaban J connectivity index is 1.79. The number of hydrogen-bond acceptors (Lipinski definition) is 3. The third-order valence-electron chi connectivity index (χ3n) is 2.69. The fraction of sp³-hybridized carbons (Fsp3) is 0.571. The molecule has 0 bridgehead atoms. The summed E-state index contributed by atoms with van der Waals surface area (Å²) in [6.45, 7) is 4.71. The number of aliphatic hydroxyl groups is 1. The molecular weight excluding hydrogens is 214 g/mol. The van der Waals surface area contributed by atoms with Crippen molar-refractivity contribution in [1.29, 1.82) is 0 Å². The maximum atomic E-state index is 9.55. The minimum atomic E-state index is -0.786. The second kappa shape index (κ2) is 5.07. The first-order valence-electron chi connectivity index (χ1n) is 6.20. The van der Waals surface area contributed by atoms with Crippen molar-refractivity contribution in [2.24, 2.45) is 0 Å². The van der Waals surface area contributed by atoms with E-state index in [1.807, 2.05) is 12.1 Å². The summed E-state index contributed by atoms with van der Waals surface area (Å²) in [7, 11) is 0. The van der Waals surface area contributed by atoms with Gasteiger partial charge in [-0.3, -0.25) is 0 Å². The predicted octanol–water partition coefficient (Wildman–Crippen LogP) is 2.09. The van der Waals surface area contributed by atoms with E-state index in [9.17, 15) is 5.11 Å². The maximum absolute atomic E-state index is 9.55. The summed E-state index contributed by atoms with van der Waals surface area (Å²) in [5, 5.41) is 13.0. The van der Waals surface area contributed by atoms with Gasteiger partial charge < -0.3 is 15.2 Å². The lowest BCUT2D eigenvalue weighted by atomic mass is 10.1. The summed E-state index contributed by atoms with van der Waals surface area (Å²) in [6, 6.07) is 8.77. The molecule has 0 aromatic heterocycles. The lowest BCUT2D eigenvalue weighted by molar-refractivity contribution is 0.0285. The fourth-order valence-corrected chi connectivity index (χ4v) is 1.51. The first-order chi connectivity index (χ1) is 8.03. The predicted molar refractivity (Wildman–Crippen MR) is 68.1 cm³/mol. The van der Waals surface area contributed by atoms with Crippen molar-refractivity contribution in [2.45, 2.75) is 44.9 Å². The third-order valence-corrected chi connectivity index (χ3v) is 2.69. The summed E-state index contributed by atoms with van der Waals surface area (Å²) in [6.07, 6.45) is 2.62. The van der Waals surface area contributed by atoms with Gasteiger partial charge in [0.15, 0.2) is 0 Å². The molecule has 0 spiro atoms. The molecule has 1 fully saturated rings. The first kappa shape index (κ1) is 12.4. The van der Waals surface area contributed by atoms with Gasteiger partial charge in [-0.2, -0.15) is 0 Å². The molecular formula is C14H21NO2. The highest BCUT2D eigenvalue weighted by Gasteiger charge is 2.19. The largest absolute Gasteiger partial charge is 0.491 e. The Labute approximate surface area is 103 Å². The van der Waals surface area contributed by atoms with Crippen LogP contribution in [0.3, 0.4) is 0 Å². The molecule has 2 N–H and O–H groups in total. The van der Waals surface area contributed by atoms with Crippen LogP contribution in [0.2, 0.25) is 0 Å². The van der Waals surface area contributed by atoms with E-state index in [1.54, 1.807) is 13.8 Å². The second-order valence-corrected chi connectivity index (χ2v) is 5.40. The van der Waals surface area contributed by atoms with Crippen molar-refractivity contribution in [2.75, 3.05) is 6.61 Å². The molecule has 94 valence electrons. The van der Waals surface area contributed by atoms with Crippen molar-refractivity contribution in [3.05, 3.63) is 29.8 Å². The van der Waals surface area contributed by atoms with Crippen LogP contribution in [-0.4, -0.2) is 23.4 Å². The molecule has 0 saturated heterocycles. The number of nitrogens with one attached hydrogen (secondary N) is 1. The molecule has 3 nitrogen and oxygen atoms in total. The lowest BCUT2D eigenvalue weighted by Crippen LogP contribution is -2.27. The van der Waals surface area contributed by atoms with Crippen LogP contribution in [0.15, 0.2) is 24.3 Å². The van der Waals surface area contributed by atoms with Crippen LogP contribution in [0, 0.1) is 0 Å². The van der Waals surface area contributed by atoms with Gasteiger partial charge in [0.05, 0.1) is 5.60 Å². The Morgan fingerprint density at radius 3 is 2.47 bits per heavy atom. The molecule has 3 heteroatoms. The Morgan fingerprint density at radius 1 is 1.29 bits per heavy atom. The van der Waals surface area contributed by atoms with Crippen LogP contribution < -0.4 is 10.1 Å². The van der Waals surface area contributed by atoms with Crippen molar-refractivity contribution in [1.82, 2.24) is 5.32 Å². The van der Waals surface area contributed by atoms with E-state index >= 15 is 0 Å². The van der Waals surface area contributed by atoms with E-state index in [4.69, 9.17) is 4.74 Å². The standard InChI is InChI=1S/C14H21NO2/c1-14(2,16)10-17-13-7-3-11(4-8-13)9-15-12-5-6-12/h3-4,7-8,12,15-16H,5-6,9-10H2,1-2H3. The minimum absolute atomic E-state index is 0.312. The van der Waals surface area contributed by atoms with E-state index in [-0.39, 0.29) is 0 Å². The number of rotatable bonds is 6. The van der Waals surface area contributed by atoms with Crippen LogP contribution in [0.5, 0.6) is 5.75 Å². The summed E-state index contributed by atoms with van der Waals surface area (Å²) < 4.78 is 5.49. The molecule has 0 aliphatic heterocycles. The molecule has 1 saturated carbocycles. The molecule has 2 rings (SSSR count).